The lowest BCUT2D eigenvalue weighted by Gasteiger charge is -2.22. The second-order valence-electron chi connectivity index (χ2n) is 6.38. The fraction of sp³-hybridized carbons (Fsp3) is 0.500. The van der Waals surface area contributed by atoms with Crippen LogP contribution in [0.2, 0.25) is 0 Å². The van der Waals surface area contributed by atoms with Gasteiger partial charge in [-0.05, 0) is 18.9 Å². The smallest absolute Gasteiger partial charge is 0.261 e. The molecule has 3 N–H and O–H groups in total. The predicted molar refractivity (Wildman–Crippen MR) is 88.7 cm³/mol. The molecule has 2 heterocycles. The minimum absolute atomic E-state index is 0.0961. The van der Waals surface area contributed by atoms with Crippen LogP contribution in [0, 0.1) is 0 Å². The fourth-order valence-electron chi connectivity index (χ4n) is 3.32. The van der Waals surface area contributed by atoms with E-state index in [2.05, 4.69) is 10.3 Å². The zero-order valence-corrected chi connectivity index (χ0v) is 13.9. The molecule has 3 rings (SSSR count). The molecule has 0 saturated heterocycles. The van der Waals surface area contributed by atoms with Gasteiger partial charge >= 0.3 is 0 Å². The van der Waals surface area contributed by atoms with Crippen LogP contribution in [-0.2, 0) is 9.84 Å². The monoisotopic (exact) mass is 352 g/mol. The van der Waals surface area contributed by atoms with Gasteiger partial charge in [-0.3, -0.25) is 9.59 Å². The highest BCUT2D eigenvalue weighted by Gasteiger charge is 2.26. The molecule has 1 aliphatic heterocycles. The van der Waals surface area contributed by atoms with Crippen molar-refractivity contribution in [1.82, 2.24) is 10.3 Å². The molecule has 1 amide bonds. The summed E-state index contributed by atoms with van der Waals surface area (Å²) in [5.41, 5.74) is -0.306. The zero-order chi connectivity index (χ0) is 17.3. The number of pyridine rings is 1. The lowest BCUT2D eigenvalue weighted by Crippen LogP contribution is -2.38. The van der Waals surface area contributed by atoms with Gasteiger partial charge in [-0.15, -0.1) is 0 Å². The van der Waals surface area contributed by atoms with Gasteiger partial charge in [-0.2, -0.15) is 0 Å². The number of aromatic hydroxyl groups is 1. The number of sulfone groups is 1. The summed E-state index contributed by atoms with van der Waals surface area (Å²) in [6.07, 6.45) is 6.44. The number of nitrogens with one attached hydrogen (secondary N) is 2. The first-order valence-corrected chi connectivity index (χ1v) is 9.75. The van der Waals surface area contributed by atoms with Crippen LogP contribution in [0.25, 0.3) is 0 Å². The molecule has 24 heavy (non-hydrogen) atoms. The van der Waals surface area contributed by atoms with Crippen LogP contribution in [0.3, 0.4) is 0 Å². The second kappa shape index (κ2) is 6.43. The Morgan fingerprint density at radius 2 is 1.96 bits per heavy atom. The largest absolute Gasteiger partial charge is 0.506 e. The number of hydrogen-bond donors (Lipinski definition) is 3. The second-order valence-corrected chi connectivity index (χ2v) is 8.32. The van der Waals surface area contributed by atoms with E-state index in [4.69, 9.17) is 0 Å². The first-order chi connectivity index (χ1) is 11.4. The third-order valence-electron chi connectivity index (χ3n) is 4.55. The van der Waals surface area contributed by atoms with Crippen molar-refractivity contribution < 1.29 is 18.3 Å². The van der Waals surface area contributed by atoms with Gasteiger partial charge in [0, 0.05) is 17.4 Å². The molecule has 1 saturated carbocycles. The van der Waals surface area contributed by atoms with E-state index in [0.717, 1.165) is 37.5 Å². The summed E-state index contributed by atoms with van der Waals surface area (Å²) in [4.78, 5) is 27.0. The molecule has 8 heteroatoms. The summed E-state index contributed by atoms with van der Waals surface area (Å²) < 4.78 is 22.7. The third kappa shape index (κ3) is 3.53. The van der Waals surface area contributed by atoms with E-state index < -0.39 is 27.3 Å². The maximum absolute atomic E-state index is 12.2. The van der Waals surface area contributed by atoms with Gasteiger partial charge in [-0.25, -0.2) is 8.42 Å². The van der Waals surface area contributed by atoms with Crippen LogP contribution in [0.4, 0.5) is 0 Å². The van der Waals surface area contributed by atoms with Crippen molar-refractivity contribution in [1.29, 1.82) is 0 Å². The predicted octanol–water partition coefficient (Wildman–Crippen LogP) is 1.17. The summed E-state index contributed by atoms with van der Waals surface area (Å²) in [6.45, 7) is 0. The Bertz CT molecular complexity index is 835. The average molecular weight is 352 g/mol. The minimum atomic E-state index is -3.29. The number of hydrogen-bond acceptors (Lipinski definition) is 5. The summed E-state index contributed by atoms with van der Waals surface area (Å²) >= 11 is 0. The first kappa shape index (κ1) is 16.8. The van der Waals surface area contributed by atoms with Crippen molar-refractivity contribution in [3.05, 3.63) is 39.2 Å². The van der Waals surface area contributed by atoms with Gasteiger partial charge in [0.1, 0.15) is 11.3 Å². The first-order valence-electron chi connectivity index (χ1n) is 8.04. The Balaban J connectivity index is 1.79. The van der Waals surface area contributed by atoms with E-state index in [1.54, 1.807) is 0 Å². The molecular formula is C16H20N2O5S. The summed E-state index contributed by atoms with van der Waals surface area (Å²) in [5, 5.41) is 13.7. The number of carbonyl (C=O) groups excluding carboxylic acids is 1. The molecule has 7 nitrogen and oxygen atoms in total. The summed E-state index contributed by atoms with van der Waals surface area (Å²) in [6, 6.07) is 0.507. The quantitative estimate of drug-likeness (QED) is 0.755. The maximum Gasteiger partial charge on any atom is 0.261 e. The topological polar surface area (TPSA) is 116 Å². The SMILES string of the molecule is O=C(N[C@H]1C=CS(=O)(=O)C1)c1cc(O)c(C2CCCCC2)[nH]c1=O. The van der Waals surface area contributed by atoms with Crippen molar-refractivity contribution in [3.63, 3.8) is 0 Å². The number of carbonyl (C=O) groups is 1. The molecule has 1 fully saturated rings. The molecule has 1 aromatic heterocycles. The van der Waals surface area contributed by atoms with E-state index in [9.17, 15) is 23.1 Å². The van der Waals surface area contributed by atoms with Crippen molar-refractivity contribution in [2.24, 2.45) is 0 Å². The van der Waals surface area contributed by atoms with Crippen LogP contribution >= 0.6 is 0 Å². The lowest BCUT2D eigenvalue weighted by molar-refractivity contribution is 0.0945. The van der Waals surface area contributed by atoms with Gasteiger partial charge in [0.25, 0.3) is 11.5 Å². The molecule has 130 valence electrons. The Morgan fingerprint density at radius 1 is 1.25 bits per heavy atom. The molecule has 1 aliphatic carbocycles. The standard InChI is InChI=1S/C16H20N2O5S/c19-13-8-12(15(20)17-11-6-7-24(22,23)9-11)16(21)18-14(13)10-4-2-1-3-5-10/h6-8,10-11,19H,1-5,9H2,(H,17,20)(H,18,21)/t11-/m0/s1. The molecule has 0 aromatic carbocycles. The Kier molecular flexibility index (Phi) is 4.49. The fourth-order valence-corrected chi connectivity index (χ4v) is 4.55. The third-order valence-corrected chi connectivity index (χ3v) is 5.95. The van der Waals surface area contributed by atoms with E-state index in [-0.39, 0.29) is 23.0 Å². The molecular weight excluding hydrogens is 332 g/mol. The molecule has 2 aliphatic rings. The van der Waals surface area contributed by atoms with Crippen LogP contribution in [0.5, 0.6) is 5.75 Å². The normalized spacial score (nSPS) is 23.2. The number of rotatable bonds is 3. The van der Waals surface area contributed by atoms with Gasteiger partial charge in [-0.1, -0.05) is 19.3 Å². The Labute approximate surface area is 139 Å². The average Bonchev–Trinajstić information content (AvgIpc) is 2.88. The highest BCUT2D eigenvalue weighted by molar-refractivity contribution is 7.94. The molecule has 1 atom stereocenters. The van der Waals surface area contributed by atoms with Gasteiger partial charge in [0.05, 0.1) is 17.5 Å². The van der Waals surface area contributed by atoms with Crippen molar-refractivity contribution in [2.45, 2.75) is 44.1 Å². The Hall–Kier alpha value is -2.09. The van der Waals surface area contributed by atoms with Crippen LogP contribution in [-0.4, -0.2) is 36.2 Å². The van der Waals surface area contributed by atoms with Crippen LogP contribution in [0.15, 0.2) is 22.3 Å². The highest BCUT2D eigenvalue weighted by Crippen LogP contribution is 2.35. The molecule has 0 bridgehead atoms. The van der Waals surface area contributed by atoms with E-state index in [0.29, 0.717) is 5.69 Å². The zero-order valence-electron chi connectivity index (χ0n) is 13.1. The van der Waals surface area contributed by atoms with Crippen LogP contribution in [0.1, 0.15) is 54.1 Å². The van der Waals surface area contributed by atoms with Gasteiger partial charge in [0.15, 0.2) is 9.84 Å². The van der Waals surface area contributed by atoms with E-state index >= 15 is 0 Å². The Morgan fingerprint density at radius 3 is 2.58 bits per heavy atom. The summed E-state index contributed by atoms with van der Waals surface area (Å²) in [7, 11) is -3.29. The number of aromatic amines is 1. The maximum atomic E-state index is 12.2. The summed E-state index contributed by atoms with van der Waals surface area (Å²) in [5.74, 6) is -0.913. The number of H-pyrrole nitrogens is 1. The van der Waals surface area contributed by atoms with E-state index in [1.165, 1.54) is 12.1 Å². The van der Waals surface area contributed by atoms with Crippen molar-refractivity contribution in [3.8, 4) is 5.75 Å². The van der Waals surface area contributed by atoms with Crippen molar-refractivity contribution in [2.75, 3.05) is 5.75 Å². The number of amides is 1. The molecule has 0 unspecified atom stereocenters. The lowest BCUT2D eigenvalue weighted by atomic mass is 9.86. The molecule has 0 spiro atoms. The van der Waals surface area contributed by atoms with Gasteiger partial charge < -0.3 is 15.4 Å². The molecule has 1 aromatic rings. The minimum Gasteiger partial charge on any atom is -0.506 e. The van der Waals surface area contributed by atoms with Gasteiger partial charge in [0.2, 0.25) is 0 Å². The highest BCUT2D eigenvalue weighted by atomic mass is 32.2. The van der Waals surface area contributed by atoms with Crippen molar-refractivity contribution >= 4 is 15.7 Å². The van der Waals surface area contributed by atoms with Crippen LogP contribution < -0.4 is 10.9 Å². The number of aromatic nitrogens is 1. The molecule has 0 radical (unpaired) electrons. The van der Waals surface area contributed by atoms with E-state index in [1.807, 2.05) is 0 Å².